The van der Waals surface area contributed by atoms with Crippen LogP contribution in [-0.2, 0) is 4.79 Å². The maximum Gasteiger partial charge on any atom is 0.225 e. The van der Waals surface area contributed by atoms with E-state index in [-0.39, 0.29) is 0 Å². The molecule has 2 heteroatoms. The molecule has 2 nitrogen and oxygen atoms in total. The predicted molar refractivity (Wildman–Crippen MR) is 47.8 cm³/mol. The van der Waals surface area contributed by atoms with Crippen molar-refractivity contribution >= 4 is 5.91 Å². The molecule has 0 aromatic heterocycles. The van der Waals surface area contributed by atoms with E-state index in [1.807, 2.05) is 0 Å². The van der Waals surface area contributed by atoms with Gasteiger partial charge in [-0.25, -0.2) is 0 Å². The average molecular weight is 167 g/mol. The number of carbonyl (C=O) groups excluding carboxylic acids is 1. The van der Waals surface area contributed by atoms with Crippen molar-refractivity contribution in [2.24, 2.45) is 5.92 Å². The van der Waals surface area contributed by atoms with Crippen molar-refractivity contribution in [2.75, 3.05) is 6.54 Å². The fraction of sp³-hybridized carbons (Fsp3) is 0.900. The summed E-state index contributed by atoms with van der Waals surface area (Å²) in [6.45, 7) is 3.01. The first-order valence-corrected chi connectivity index (χ1v) is 5.13. The van der Waals surface area contributed by atoms with Gasteiger partial charge >= 0.3 is 0 Å². The summed E-state index contributed by atoms with van der Waals surface area (Å²) in [6, 6.07) is 0.614. The molecule has 0 aromatic carbocycles. The largest absolute Gasteiger partial charge is 0.340 e. The van der Waals surface area contributed by atoms with Crippen LogP contribution in [0, 0.1) is 5.92 Å². The highest BCUT2D eigenvalue weighted by Gasteiger charge is 2.36. The maximum atomic E-state index is 11.8. The van der Waals surface area contributed by atoms with E-state index in [2.05, 4.69) is 11.8 Å². The average Bonchev–Trinajstić information content (AvgIpc) is 2.68. The van der Waals surface area contributed by atoms with Crippen LogP contribution in [0.3, 0.4) is 0 Å². The summed E-state index contributed by atoms with van der Waals surface area (Å²) in [7, 11) is 0. The van der Waals surface area contributed by atoms with E-state index in [0.29, 0.717) is 17.9 Å². The second-order valence-electron chi connectivity index (χ2n) is 3.98. The molecule has 68 valence electrons. The first kappa shape index (κ1) is 8.09. The molecule has 0 radical (unpaired) electrons. The Kier molecular flexibility index (Phi) is 2.07. The maximum absolute atomic E-state index is 11.8. The van der Waals surface area contributed by atoms with Crippen molar-refractivity contribution in [3.8, 4) is 0 Å². The summed E-state index contributed by atoms with van der Waals surface area (Å²) in [6.07, 6.45) is 6.03. The number of amides is 1. The Morgan fingerprint density at radius 2 is 2.00 bits per heavy atom. The zero-order chi connectivity index (χ0) is 8.55. The molecular formula is C10H17NO. The van der Waals surface area contributed by atoms with Gasteiger partial charge in [0.2, 0.25) is 5.91 Å². The summed E-state index contributed by atoms with van der Waals surface area (Å²) in [5, 5.41) is 0. The molecule has 0 atom stereocenters. The first-order valence-electron chi connectivity index (χ1n) is 5.13. The Morgan fingerprint density at radius 3 is 2.33 bits per heavy atom. The summed E-state index contributed by atoms with van der Waals surface area (Å²) in [4.78, 5) is 13.9. The van der Waals surface area contributed by atoms with Crippen LogP contribution in [0.4, 0.5) is 0 Å². The summed E-state index contributed by atoms with van der Waals surface area (Å²) >= 11 is 0. The van der Waals surface area contributed by atoms with E-state index in [1.54, 1.807) is 0 Å². The van der Waals surface area contributed by atoms with E-state index in [1.165, 1.54) is 19.3 Å². The van der Waals surface area contributed by atoms with Crippen molar-refractivity contribution in [3.05, 3.63) is 0 Å². The molecule has 0 N–H and O–H groups in total. The van der Waals surface area contributed by atoms with Crippen LogP contribution in [0.1, 0.15) is 39.0 Å². The van der Waals surface area contributed by atoms with E-state index in [0.717, 1.165) is 19.4 Å². The standard InChI is InChI=1S/C10H17NO/c1-2-11(9-6-7-9)10(12)8-4-3-5-8/h8-9H,2-7H2,1H3. The van der Waals surface area contributed by atoms with Crippen molar-refractivity contribution in [3.63, 3.8) is 0 Å². The number of hydrogen-bond donors (Lipinski definition) is 0. The smallest absolute Gasteiger partial charge is 0.225 e. The lowest BCUT2D eigenvalue weighted by molar-refractivity contribution is -0.138. The van der Waals surface area contributed by atoms with Crippen molar-refractivity contribution < 1.29 is 4.79 Å². The van der Waals surface area contributed by atoms with E-state index >= 15 is 0 Å². The lowest BCUT2D eigenvalue weighted by atomic mass is 9.84. The Balaban J connectivity index is 1.90. The van der Waals surface area contributed by atoms with Gasteiger partial charge in [0, 0.05) is 18.5 Å². The highest BCUT2D eigenvalue weighted by atomic mass is 16.2. The molecule has 0 unspecified atom stereocenters. The highest BCUT2D eigenvalue weighted by Crippen LogP contribution is 2.33. The summed E-state index contributed by atoms with van der Waals surface area (Å²) in [5.74, 6) is 0.830. The van der Waals surface area contributed by atoms with Gasteiger partial charge in [-0.1, -0.05) is 6.42 Å². The van der Waals surface area contributed by atoms with Gasteiger partial charge < -0.3 is 4.90 Å². The molecule has 2 aliphatic rings. The Morgan fingerprint density at radius 1 is 1.33 bits per heavy atom. The van der Waals surface area contributed by atoms with Crippen molar-refractivity contribution in [1.29, 1.82) is 0 Å². The van der Waals surface area contributed by atoms with Crippen LogP contribution >= 0.6 is 0 Å². The molecule has 0 saturated heterocycles. The molecule has 0 aromatic rings. The highest BCUT2D eigenvalue weighted by molar-refractivity contribution is 5.80. The van der Waals surface area contributed by atoms with Crippen molar-refractivity contribution in [2.45, 2.75) is 45.1 Å². The molecule has 0 heterocycles. The van der Waals surface area contributed by atoms with E-state index in [4.69, 9.17) is 0 Å². The number of hydrogen-bond acceptors (Lipinski definition) is 1. The topological polar surface area (TPSA) is 20.3 Å². The number of carbonyl (C=O) groups is 1. The second-order valence-corrected chi connectivity index (χ2v) is 3.98. The number of rotatable bonds is 3. The van der Waals surface area contributed by atoms with Crippen LogP contribution < -0.4 is 0 Å². The molecule has 2 fully saturated rings. The Bertz CT molecular complexity index is 182. The summed E-state index contributed by atoms with van der Waals surface area (Å²) in [5.41, 5.74) is 0. The van der Waals surface area contributed by atoms with Gasteiger partial charge in [-0.2, -0.15) is 0 Å². The van der Waals surface area contributed by atoms with Crippen LogP contribution in [0.5, 0.6) is 0 Å². The Hall–Kier alpha value is -0.530. The molecule has 0 spiro atoms. The zero-order valence-corrected chi connectivity index (χ0v) is 7.75. The van der Waals surface area contributed by atoms with Gasteiger partial charge in [0.15, 0.2) is 0 Å². The van der Waals surface area contributed by atoms with Gasteiger partial charge in [-0.3, -0.25) is 4.79 Å². The van der Waals surface area contributed by atoms with Gasteiger partial charge in [0.25, 0.3) is 0 Å². The summed E-state index contributed by atoms with van der Waals surface area (Å²) < 4.78 is 0. The van der Waals surface area contributed by atoms with Crippen LogP contribution in [0.25, 0.3) is 0 Å². The molecular weight excluding hydrogens is 150 g/mol. The minimum atomic E-state index is 0.394. The SMILES string of the molecule is CCN(C(=O)C1CCC1)C1CC1. The van der Waals surface area contributed by atoms with Gasteiger partial charge in [-0.05, 0) is 32.6 Å². The third kappa shape index (κ3) is 1.35. The number of nitrogens with zero attached hydrogens (tertiary/aromatic N) is 1. The van der Waals surface area contributed by atoms with Crippen molar-refractivity contribution in [1.82, 2.24) is 4.90 Å². The lowest BCUT2D eigenvalue weighted by Crippen LogP contribution is -2.40. The van der Waals surface area contributed by atoms with Crippen LogP contribution in [-0.4, -0.2) is 23.4 Å². The molecule has 2 rings (SSSR count). The quantitative estimate of drug-likeness (QED) is 0.627. The molecule has 2 saturated carbocycles. The molecule has 0 bridgehead atoms. The molecule has 0 aliphatic heterocycles. The monoisotopic (exact) mass is 167 g/mol. The zero-order valence-electron chi connectivity index (χ0n) is 7.75. The third-order valence-corrected chi connectivity index (χ3v) is 3.07. The molecule has 1 amide bonds. The van der Waals surface area contributed by atoms with E-state index < -0.39 is 0 Å². The minimum absolute atomic E-state index is 0.394. The van der Waals surface area contributed by atoms with Gasteiger partial charge in [0.05, 0.1) is 0 Å². The lowest BCUT2D eigenvalue weighted by Gasteiger charge is -2.31. The molecule has 2 aliphatic carbocycles. The third-order valence-electron chi connectivity index (χ3n) is 3.07. The molecule has 12 heavy (non-hydrogen) atoms. The van der Waals surface area contributed by atoms with Gasteiger partial charge in [-0.15, -0.1) is 0 Å². The van der Waals surface area contributed by atoms with Crippen LogP contribution in [0.15, 0.2) is 0 Å². The fourth-order valence-corrected chi connectivity index (χ4v) is 1.87. The normalized spacial score (nSPS) is 23.4. The van der Waals surface area contributed by atoms with Crippen LogP contribution in [0.2, 0.25) is 0 Å². The first-order chi connectivity index (χ1) is 5.83. The Labute approximate surface area is 73.9 Å². The van der Waals surface area contributed by atoms with Gasteiger partial charge in [0.1, 0.15) is 0 Å². The van der Waals surface area contributed by atoms with E-state index in [9.17, 15) is 4.79 Å². The minimum Gasteiger partial charge on any atom is -0.340 e. The second kappa shape index (κ2) is 3.08. The predicted octanol–water partition coefficient (Wildman–Crippen LogP) is 1.80. The fourth-order valence-electron chi connectivity index (χ4n) is 1.87.